The van der Waals surface area contributed by atoms with E-state index in [0.29, 0.717) is 22.7 Å². The van der Waals surface area contributed by atoms with E-state index in [1.54, 1.807) is 0 Å². The fourth-order valence-electron chi connectivity index (χ4n) is 3.58. The number of benzene rings is 3. The van der Waals surface area contributed by atoms with Crippen molar-refractivity contribution in [2.75, 3.05) is 18.5 Å². The Morgan fingerprint density at radius 2 is 1.69 bits per heavy atom. The number of carbonyl (C=O) groups excluding carboxylic acids is 2. The molecule has 1 heterocycles. The quantitative estimate of drug-likeness (QED) is 0.382. The molecule has 1 amide bonds. The van der Waals surface area contributed by atoms with Crippen LogP contribution in [0.15, 0.2) is 72.8 Å². The highest BCUT2D eigenvalue weighted by atomic mass is 32.1. The molecule has 0 spiro atoms. The van der Waals surface area contributed by atoms with Crippen LogP contribution in [0, 0.1) is 6.92 Å². The van der Waals surface area contributed by atoms with Crippen LogP contribution in [0.3, 0.4) is 0 Å². The van der Waals surface area contributed by atoms with Gasteiger partial charge in [0.05, 0.1) is 12.1 Å². The fourth-order valence-corrected chi connectivity index (χ4v) is 4.82. The lowest BCUT2D eigenvalue weighted by atomic mass is 10.1. The molecule has 0 unspecified atom stereocenters. The van der Waals surface area contributed by atoms with Crippen LogP contribution in [0.1, 0.15) is 26.4 Å². The molecule has 0 aliphatic rings. The minimum Gasteiger partial charge on any atom is -0.486 e. The average Bonchev–Trinajstić information content (AvgIpc) is 3.12. The Labute approximate surface area is 190 Å². The summed E-state index contributed by atoms with van der Waals surface area (Å²) < 4.78 is 5.67. The maximum Gasteiger partial charge on any atom is 0.251 e. The second kappa shape index (κ2) is 9.66. The molecule has 0 radical (unpaired) electrons. The second-order valence-electron chi connectivity index (χ2n) is 7.57. The predicted octanol–water partition coefficient (Wildman–Crippen LogP) is 4.96. The van der Waals surface area contributed by atoms with E-state index in [1.165, 1.54) is 11.3 Å². The number of nitrogens with two attached hydrogens (primary N) is 1. The van der Waals surface area contributed by atoms with Gasteiger partial charge in [0.2, 0.25) is 0 Å². The molecule has 0 fully saturated rings. The van der Waals surface area contributed by atoms with Crippen molar-refractivity contribution in [1.82, 2.24) is 0 Å². The van der Waals surface area contributed by atoms with Gasteiger partial charge in [-0.2, -0.15) is 0 Å². The Kier molecular flexibility index (Phi) is 6.52. The molecule has 0 aliphatic carbocycles. The van der Waals surface area contributed by atoms with Crippen molar-refractivity contribution in [1.29, 1.82) is 0 Å². The first-order valence-corrected chi connectivity index (χ1v) is 11.2. The van der Waals surface area contributed by atoms with Crippen LogP contribution in [0.2, 0.25) is 0 Å². The first-order valence-electron chi connectivity index (χ1n) is 10.3. The van der Waals surface area contributed by atoms with Crippen LogP contribution >= 0.6 is 11.3 Å². The number of hydrogen-bond acceptors (Lipinski definition) is 5. The molecule has 162 valence electrons. The van der Waals surface area contributed by atoms with E-state index in [4.69, 9.17) is 10.5 Å². The number of Topliss-reactive ketones (excluding diaryl/α,β-unsaturated/α-hetero) is 1. The Morgan fingerprint density at radius 1 is 0.969 bits per heavy atom. The van der Waals surface area contributed by atoms with Gasteiger partial charge in [-0.25, -0.2) is 0 Å². The number of hydrogen-bond donors (Lipinski definition) is 2. The van der Waals surface area contributed by atoms with Gasteiger partial charge < -0.3 is 15.8 Å². The van der Waals surface area contributed by atoms with Gasteiger partial charge in [0.15, 0.2) is 5.78 Å². The summed E-state index contributed by atoms with van der Waals surface area (Å²) in [4.78, 5) is 25.5. The number of ether oxygens (including phenoxy) is 1. The van der Waals surface area contributed by atoms with Crippen molar-refractivity contribution in [3.63, 3.8) is 0 Å². The SMILES string of the molecule is Cc1c(Cc2ccccc2)sc(NCC(=O)COc2ccc3ccccc3c2)c1C(N)=O. The van der Waals surface area contributed by atoms with E-state index in [1.807, 2.05) is 79.7 Å². The maximum atomic E-state index is 12.4. The monoisotopic (exact) mass is 444 g/mol. The standard InChI is InChI=1S/C26H24N2O3S/c1-17-23(13-18-7-3-2-4-8-18)32-26(24(17)25(27)30)28-15-21(29)16-31-22-12-11-19-9-5-6-10-20(19)14-22/h2-12,14,28H,13,15-16H2,1H3,(H2,27,30). The van der Waals surface area contributed by atoms with Gasteiger partial charge in [0.25, 0.3) is 5.91 Å². The van der Waals surface area contributed by atoms with Crippen LogP contribution in [0.5, 0.6) is 5.75 Å². The van der Waals surface area contributed by atoms with Gasteiger partial charge in [-0.05, 0) is 41.0 Å². The van der Waals surface area contributed by atoms with E-state index in [-0.39, 0.29) is 18.9 Å². The number of primary amides is 1. The summed E-state index contributed by atoms with van der Waals surface area (Å²) >= 11 is 1.46. The van der Waals surface area contributed by atoms with E-state index in [9.17, 15) is 9.59 Å². The van der Waals surface area contributed by atoms with E-state index >= 15 is 0 Å². The molecule has 6 heteroatoms. The maximum absolute atomic E-state index is 12.4. The highest BCUT2D eigenvalue weighted by Crippen LogP contribution is 2.34. The molecule has 0 aliphatic heterocycles. The zero-order valence-corrected chi connectivity index (χ0v) is 18.6. The molecular formula is C26H24N2O3S. The summed E-state index contributed by atoms with van der Waals surface area (Å²) in [7, 11) is 0. The van der Waals surface area contributed by atoms with Gasteiger partial charge >= 0.3 is 0 Å². The number of carbonyl (C=O) groups is 2. The van der Waals surface area contributed by atoms with Crippen molar-refractivity contribution in [3.8, 4) is 5.75 Å². The first kappa shape index (κ1) is 21.6. The van der Waals surface area contributed by atoms with Crippen molar-refractivity contribution in [2.24, 2.45) is 5.73 Å². The van der Waals surface area contributed by atoms with Crippen molar-refractivity contribution in [3.05, 3.63) is 94.4 Å². The van der Waals surface area contributed by atoms with Crippen LogP contribution in [0.25, 0.3) is 10.8 Å². The first-order chi connectivity index (χ1) is 15.5. The van der Waals surface area contributed by atoms with Crippen molar-refractivity contribution < 1.29 is 14.3 Å². The number of amides is 1. The minimum atomic E-state index is -0.500. The topological polar surface area (TPSA) is 81.4 Å². The highest BCUT2D eigenvalue weighted by Gasteiger charge is 2.20. The van der Waals surface area contributed by atoms with Crippen LogP contribution in [-0.4, -0.2) is 24.8 Å². The number of nitrogens with one attached hydrogen (secondary N) is 1. The summed E-state index contributed by atoms with van der Waals surface area (Å²) in [5, 5.41) is 5.89. The molecule has 3 N–H and O–H groups in total. The molecule has 0 saturated carbocycles. The fraction of sp³-hybridized carbons (Fsp3) is 0.154. The Morgan fingerprint density at radius 3 is 2.44 bits per heavy atom. The van der Waals surface area contributed by atoms with Gasteiger partial charge in [0, 0.05) is 11.3 Å². The normalized spacial score (nSPS) is 10.8. The van der Waals surface area contributed by atoms with Crippen LogP contribution in [-0.2, 0) is 11.2 Å². The number of ketones is 1. The van der Waals surface area contributed by atoms with Crippen LogP contribution < -0.4 is 15.8 Å². The number of thiophene rings is 1. The zero-order chi connectivity index (χ0) is 22.5. The van der Waals surface area contributed by atoms with Crippen molar-refractivity contribution in [2.45, 2.75) is 13.3 Å². The molecule has 32 heavy (non-hydrogen) atoms. The summed E-state index contributed by atoms with van der Waals surface area (Å²) in [5.41, 5.74) is 8.08. The Hall–Kier alpha value is -3.64. The predicted molar refractivity (Wildman–Crippen MR) is 130 cm³/mol. The second-order valence-corrected chi connectivity index (χ2v) is 8.68. The third kappa shape index (κ3) is 4.98. The zero-order valence-electron chi connectivity index (χ0n) is 17.8. The van der Waals surface area contributed by atoms with Gasteiger partial charge in [-0.1, -0.05) is 60.7 Å². The van der Waals surface area contributed by atoms with Crippen molar-refractivity contribution >= 4 is 38.8 Å². The van der Waals surface area contributed by atoms with E-state index < -0.39 is 5.91 Å². The number of rotatable bonds is 9. The largest absolute Gasteiger partial charge is 0.486 e. The summed E-state index contributed by atoms with van der Waals surface area (Å²) in [6.45, 7) is 1.89. The molecular weight excluding hydrogens is 420 g/mol. The summed E-state index contributed by atoms with van der Waals surface area (Å²) in [6, 6.07) is 23.8. The molecule has 5 nitrogen and oxygen atoms in total. The number of anilines is 1. The Balaban J connectivity index is 1.40. The third-order valence-corrected chi connectivity index (χ3v) is 6.52. The molecule has 0 bridgehead atoms. The van der Waals surface area contributed by atoms with E-state index in [2.05, 4.69) is 5.32 Å². The van der Waals surface area contributed by atoms with Gasteiger partial charge in [-0.15, -0.1) is 11.3 Å². The average molecular weight is 445 g/mol. The lowest BCUT2D eigenvalue weighted by Gasteiger charge is -2.08. The third-order valence-electron chi connectivity index (χ3n) is 5.27. The lowest BCUT2D eigenvalue weighted by molar-refractivity contribution is -0.119. The highest BCUT2D eigenvalue weighted by molar-refractivity contribution is 7.16. The van der Waals surface area contributed by atoms with Crippen LogP contribution in [0.4, 0.5) is 5.00 Å². The van der Waals surface area contributed by atoms with Gasteiger partial charge in [0.1, 0.15) is 17.4 Å². The summed E-state index contributed by atoms with van der Waals surface area (Å²) in [5.74, 6) is 0.0247. The Bertz CT molecular complexity index is 1260. The lowest BCUT2D eigenvalue weighted by Crippen LogP contribution is -2.22. The molecule has 4 aromatic rings. The van der Waals surface area contributed by atoms with Gasteiger partial charge in [-0.3, -0.25) is 9.59 Å². The molecule has 0 saturated heterocycles. The smallest absolute Gasteiger partial charge is 0.251 e. The summed E-state index contributed by atoms with van der Waals surface area (Å²) in [6.07, 6.45) is 0.707. The molecule has 0 atom stereocenters. The minimum absolute atomic E-state index is 0.0542. The number of fused-ring (bicyclic) bond motifs is 1. The molecule has 1 aromatic heterocycles. The van der Waals surface area contributed by atoms with E-state index in [0.717, 1.165) is 26.8 Å². The molecule has 3 aromatic carbocycles. The molecule has 4 rings (SSSR count).